The average Bonchev–Trinajstić information content (AvgIpc) is 3.26. The molecule has 0 fully saturated rings. The molecule has 0 aliphatic carbocycles. The second-order valence-corrected chi connectivity index (χ2v) is 10.2. The lowest BCUT2D eigenvalue weighted by Crippen LogP contribution is -2.49. The fourth-order valence-electron chi connectivity index (χ4n) is 3.43. The predicted molar refractivity (Wildman–Crippen MR) is 138 cm³/mol. The van der Waals surface area contributed by atoms with Crippen LogP contribution in [0.4, 0.5) is 4.39 Å². The van der Waals surface area contributed by atoms with Crippen LogP contribution in [0, 0.1) is 5.82 Å². The minimum atomic E-state index is -1.14. The van der Waals surface area contributed by atoms with Gasteiger partial charge in [0.2, 0.25) is 0 Å². The highest BCUT2D eigenvalue weighted by molar-refractivity contribution is 7.98. The van der Waals surface area contributed by atoms with Crippen LogP contribution in [-0.4, -0.2) is 46.8 Å². The number of halogens is 1. The summed E-state index contributed by atoms with van der Waals surface area (Å²) in [5, 5.41) is 9.65. The Labute approximate surface area is 210 Å². The number of amides is 1. The van der Waals surface area contributed by atoms with Gasteiger partial charge in [-0.3, -0.25) is 9.59 Å². The largest absolute Gasteiger partial charge is 0.486 e. The predicted octanol–water partition coefficient (Wildman–Crippen LogP) is 4.15. The lowest BCUT2D eigenvalue weighted by Gasteiger charge is -2.28. The number of carboxylic acids is 1. The average molecular weight is 519 g/mol. The second-order valence-electron chi connectivity index (χ2n) is 8.70. The van der Waals surface area contributed by atoms with Gasteiger partial charge in [0.25, 0.3) is 5.91 Å². The van der Waals surface area contributed by atoms with E-state index in [1.165, 1.54) is 12.1 Å². The first-order valence-electron chi connectivity index (χ1n) is 10.7. The Morgan fingerprint density at radius 1 is 1.20 bits per heavy atom. The molecule has 7 nitrogen and oxygen atoms in total. The zero-order chi connectivity index (χ0) is 25.8. The van der Waals surface area contributed by atoms with Crippen molar-refractivity contribution in [2.75, 3.05) is 19.3 Å². The molecule has 0 saturated heterocycles. The summed E-state index contributed by atoms with van der Waals surface area (Å²) in [6.07, 6.45) is 1.94. The van der Waals surface area contributed by atoms with Crippen molar-refractivity contribution in [1.29, 1.82) is 0 Å². The number of furan rings is 1. The van der Waals surface area contributed by atoms with E-state index < -0.39 is 24.0 Å². The highest BCUT2D eigenvalue weighted by Gasteiger charge is 2.26. The number of rotatable bonds is 10. The summed E-state index contributed by atoms with van der Waals surface area (Å²) in [4.78, 5) is 26.0. The Bertz CT molecular complexity index is 1210. The molecule has 10 heteroatoms. The highest BCUT2D eigenvalue weighted by atomic mass is 32.2. The van der Waals surface area contributed by atoms with Crippen LogP contribution in [0.25, 0.3) is 11.1 Å². The first-order valence-corrected chi connectivity index (χ1v) is 12.5. The van der Waals surface area contributed by atoms with Crippen LogP contribution in [0.5, 0.6) is 5.75 Å². The lowest BCUT2D eigenvalue weighted by atomic mass is 10.1. The number of nitrogens with zero attached hydrogens (tertiary/aromatic N) is 1. The summed E-state index contributed by atoms with van der Waals surface area (Å²) in [5.74, 6) is -1.00. The maximum absolute atomic E-state index is 14.1. The molecule has 0 spiro atoms. The van der Waals surface area contributed by atoms with Gasteiger partial charge in [-0.15, -0.1) is 21.0 Å². The van der Waals surface area contributed by atoms with Crippen LogP contribution < -0.4 is 15.8 Å². The maximum atomic E-state index is 14.1. The molecule has 0 aliphatic heterocycles. The van der Waals surface area contributed by atoms with Crippen molar-refractivity contribution in [2.24, 2.45) is 5.73 Å². The van der Waals surface area contributed by atoms with E-state index in [4.69, 9.17) is 20.0 Å². The number of ether oxygens (including phenoxy) is 1. The monoisotopic (exact) mass is 518 g/mol. The van der Waals surface area contributed by atoms with E-state index in [9.17, 15) is 14.0 Å². The van der Waals surface area contributed by atoms with Gasteiger partial charge in [-0.2, -0.15) is 0 Å². The van der Waals surface area contributed by atoms with Crippen molar-refractivity contribution in [3.63, 3.8) is 0 Å². The van der Waals surface area contributed by atoms with Gasteiger partial charge in [0.05, 0.1) is 0 Å². The summed E-state index contributed by atoms with van der Waals surface area (Å²) in [6, 6.07) is 13.7. The van der Waals surface area contributed by atoms with E-state index in [0.29, 0.717) is 16.8 Å². The Morgan fingerprint density at radius 3 is 2.49 bits per heavy atom. The molecule has 1 aromatic heterocycles. The highest BCUT2D eigenvalue weighted by Crippen LogP contribution is 2.32. The number of nitrogens with two attached hydrogens (primary N) is 1. The molecule has 2 aromatic carbocycles. The summed E-state index contributed by atoms with van der Waals surface area (Å²) in [7, 11) is 2.40. The first-order chi connectivity index (χ1) is 16.5. The molecule has 0 aliphatic rings. The number of carbonyl (C=O) groups excluding carboxylic acids is 1. The third kappa shape index (κ3) is 7.31. The molecular formula is C25H28FN2O5PS. The zero-order valence-corrected chi connectivity index (χ0v) is 21.7. The van der Waals surface area contributed by atoms with Gasteiger partial charge in [-0.05, 0) is 67.6 Å². The number of thioether (sulfide) groups is 1. The summed E-state index contributed by atoms with van der Waals surface area (Å²) >= 11 is 1.54. The van der Waals surface area contributed by atoms with Gasteiger partial charge in [0.15, 0.2) is 5.76 Å². The first kappa shape index (κ1) is 26.7. The molecule has 186 valence electrons. The summed E-state index contributed by atoms with van der Waals surface area (Å²) in [6.45, 7) is 3.05. The van der Waals surface area contributed by atoms with Crippen LogP contribution in [0.2, 0.25) is 0 Å². The normalized spacial score (nSPS) is 11.4. The topological polar surface area (TPSA) is 106 Å². The van der Waals surface area contributed by atoms with E-state index >= 15 is 0 Å². The van der Waals surface area contributed by atoms with Crippen LogP contribution in [0.1, 0.15) is 30.2 Å². The summed E-state index contributed by atoms with van der Waals surface area (Å²) < 4.78 is 25.5. The number of carboxylic acid groups (broad SMARTS) is 1. The van der Waals surface area contributed by atoms with Crippen molar-refractivity contribution in [2.45, 2.75) is 30.9 Å². The zero-order valence-electron chi connectivity index (χ0n) is 19.7. The minimum Gasteiger partial charge on any atom is -0.486 e. The van der Waals surface area contributed by atoms with Crippen molar-refractivity contribution >= 4 is 38.2 Å². The maximum Gasteiger partial charge on any atom is 0.323 e. The standard InChI is InChI=1S/C25H28FN2O5PS/c1-25(2,27)14-28(12-23(29)30)24(31)20-9-8-17(33-20)13-32-16-6-4-15(5-7-16)18-10-19(26)21(34)11-22(18)35-3/h4-11H,12-14,27,34H2,1-3H3,(H,29,30). The number of benzene rings is 2. The van der Waals surface area contributed by atoms with Crippen molar-refractivity contribution in [3.05, 3.63) is 65.9 Å². The second kappa shape index (κ2) is 11.2. The fraction of sp³-hybridized carbons (Fsp3) is 0.280. The van der Waals surface area contributed by atoms with Crippen LogP contribution in [0.3, 0.4) is 0 Å². The molecule has 1 atom stereocenters. The van der Waals surface area contributed by atoms with E-state index in [0.717, 1.165) is 20.9 Å². The van der Waals surface area contributed by atoms with Gasteiger partial charge < -0.3 is 24.9 Å². The smallest absolute Gasteiger partial charge is 0.323 e. The van der Waals surface area contributed by atoms with Crippen LogP contribution in [-0.2, 0) is 11.4 Å². The van der Waals surface area contributed by atoms with Crippen molar-refractivity contribution in [3.8, 4) is 16.9 Å². The molecule has 35 heavy (non-hydrogen) atoms. The lowest BCUT2D eigenvalue weighted by molar-refractivity contribution is -0.137. The van der Waals surface area contributed by atoms with Gasteiger partial charge in [-0.25, -0.2) is 4.39 Å². The van der Waals surface area contributed by atoms with Crippen molar-refractivity contribution in [1.82, 2.24) is 4.90 Å². The number of hydrogen-bond donors (Lipinski definition) is 2. The number of carbonyl (C=O) groups is 2. The molecule has 1 unspecified atom stereocenters. The molecule has 1 amide bonds. The quantitative estimate of drug-likeness (QED) is 0.307. The molecule has 3 aromatic rings. The Balaban J connectivity index is 1.67. The molecule has 1 heterocycles. The van der Waals surface area contributed by atoms with E-state index in [1.54, 1.807) is 49.9 Å². The van der Waals surface area contributed by atoms with E-state index in [1.807, 2.05) is 18.4 Å². The Hall–Kier alpha value is -2.87. The molecule has 3 N–H and O–H groups in total. The van der Waals surface area contributed by atoms with Gasteiger partial charge >= 0.3 is 5.97 Å². The Morgan fingerprint density at radius 2 is 1.89 bits per heavy atom. The van der Waals surface area contributed by atoms with E-state index in [2.05, 4.69) is 9.24 Å². The SMILES string of the molecule is CSc1cc(P)c(F)cc1-c1ccc(OCc2ccc(C(=O)N(CC(=O)O)CC(C)(C)N)o2)cc1. The Kier molecular flexibility index (Phi) is 8.59. The number of hydrogen-bond acceptors (Lipinski definition) is 6. The molecule has 3 rings (SSSR count). The van der Waals surface area contributed by atoms with Crippen LogP contribution in [0.15, 0.2) is 57.8 Å². The minimum absolute atomic E-state index is 0.00797. The molecule has 0 bridgehead atoms. The van der Waals surface area contributed by atoms with Gasteiger partial charge in [-0.1, -0.05) is 12.1 Å². The van der Waals surface area contributed by atoms with E-state index in [-0.39, 0.29) is 24.7 Å². The summed E-state index contributed by atoms with van der Waals surface area (Å²) in [5.41, 5.74) is 6.86. The molecule has 0 saturated carbocycles. The van der Waals surface area contributed by atoms with Gasteiger partial charge in [0, 0.05) is 22.3 Å². The molecular weight excluding hydrogens is 490 g/mol. The van der Waals surface area contributed by atoms with Gasteiger partial charge in [0.1, 0.15) is 30.5 Å². The third-order valence-electron chi connectivity index (χ3n) is 4.95. The number of aliphatic carboxylic acids is 1. The third-order valence-corrected chi connectivity index (χ3v) is 6.17. The van der Waals surface area contributed by atoms with Crippen LogP contribution >= 0.6 is 21.0 Å². The fourth-order valence-corrected chi connectivity index (χ4v) is 4.44. The molecule has 0 radical (unpaired) electrons. The van der Waals surface area contributed by atoms with Crippen molar-refractivity contribution < 1.29 is 28.2 Å².